The van der Waals surface area contributed by atoms with Gasteiger partial charge in [0.1, 0.15) is 0 Å². The largest absolute Gasteiger partial charge is 0.356 e. The van der Waals surface area contributed by atoms with Crippen LogP contribution in [0.25, 0.3) is 0 Å². The van der Waals surface area contributed by atoms with Gasteiger partial charge in [-0.2, -0.15) is 0 Å². The number of hydrazine groups is 1. The Morgan fingerprint density at radius 2 is 1.28 bits per heavy atom. The predicted molar refractivity (Wildman–Crippen MR) is 67.8 cm³/mol. The molecule has 6 N–H and O–H groups in total. The average molecular weight is 304 g/mol. The number of rotatable bonds is 9. The summed E-state index contributed by atoms with van der Waals surface area (Å²) in [5.41, 5.74) is 2.49. The van der Waals surface area contributed by atoms with Crippen LogP contribution in [0.2, 0.25) is 0 Å². The van der Waals surface area contributed by atoms with Gasteiger partial charge < -0.3 is 19.6 Å². The zero-order valence-electron chi connectivity index (χ0n) is 10.5. The first-order valence-corrected chi connectivity index (χ1v) is 9.10. The Morgan fingerprint density at radius 1 is 0.889 bits per heavy atom. The summed E-state index contributed by atoms with van der Waals surface area (Å²) in [6.45, 7) is 3.90. The van der Waals surface area contributed by atoms with Gasteiger partial charge in [-0.25, -0.2) is 5.43 Å². The van der Waals surface area contributed by atoms with Gasteiger partial charge >= 0.3 is 15.2 Å². The Kier molecular flexibility index (Phi) is 7.82. The molecule has 0 aliphatic rings. The second-order valence-corrected chi connectivity index (χ2v) is 7.91. The van der Waals surface area contributed by atoms with E-state index in [0.717, 1.165) is 25.7 Å². The fourth-order valence-corrected chi connectivity index (χ4v) is 3.60. The molecule has 0 saturated heterocycles. The summed E-state index contributed by atoms with van der Waals surface area (Å²) in [4.78, 5) is 35.6. The molecule has 0 fully saturated rings. The minimum absolute atomic E-state index is 0.0828. The summed E-state index contributed by atoms with van der Waals surface area (Å²) < 4.78 is 22.0. The monoisotopic (exact) mass is 304 g/mol. The molecule has 10 heteroatoms. The van der Waals surface area contributed by atoms with Crippen molar-refractivity contribution < 1.29 is 28.7 Å². The van der Waals surface area contributed by atoms with E-state index in [9.17, 15) is 9.13 Å². The highest BCUT2D eigenvalue weighted by Crippen LogP contribution is 2.57. The van der Waals surface area contributed by atoms with E-state index in [1.165, 1.54) is 0 Å². The summed E-state index contributed by atoms with van der Waals surface area (Å²) in [7, 11) is -9.86. The number of hydrogen-bond donors (Lipinski definition) is 6. The van der Waals surface area contributed by atoms with Crippen LogP contribution in [0.1, 0.15) is 39.5 Å². The van der Waals surface area contributed by atoms with Gasteiger partial charge in [-0.1, -0.05) is 26.7 Å². The highest BCUT2D eigenvalue weighted by atomic mass is 31.2. The van der Waals surface area contributed by atoms with Crippen LogP contribution in [0.3, 0.4) is 0 Å². The quantitative estimate of drug-likeness (QED) is 0.270. The Balaban J connectivity index is 4.61. The summed E-state index contributed by atoms with van der Waals surface area (Å²) in [5.74, 6) is 0. The van der Waals surface area contributed by atoms with Crippen LogP contribution >= 0.6 is 15.2 Å². The van der Waals surface area contributed by atoms with E-state index in [1.54, 1.807) is 0 Å². The lowest BCUT2D eigenvalue weighted by atomic mass is 10.1. The van der Waals surface area contributed by atoms with Crippen molar-refractivity contribution in [2.45, 2.75) is 51.1 Å². The van der Waals surface area contributed by atoms with Gasteiger partial charge in [-0.3, -0.25) is 14.6 Å². The number of nitrogens with one attached hydrogen (secondary N) is 2. The van der Waals surface area contributed by atoms with Gasteiger partial charge in [-0.15, -0.1) is 0 Å². The highest BCUT2D eigenvalue weighted by Gasteiger charge is 2.43. The molecule has 0 aromatic carbocycles. The molecule has 0 unspecified atom stereocenters. The van der Waals surface area contributed by atoms with Crippen molar-refractivity contribution in [2.75, 3.05) is 0 Å². The molecule has 0 amide bonds. The summed E-state index contributed by atoms with van der Waals surface area (Å²) >= 11 is 0. The van der Waals surface area contributed by atoms with E-state index in [2.05, 4.69) is 10.9 Å². The molecular weight excluding hydrogens is 282 g/mol. The van der Waals surface area contributed by atoms with Crippen LogP contribution in [0.5, 0.6) is 0 Å². The van der Waals surface area contributed by atoms with Gasteiger partial charge in [0, 0.05) is 6.04 Å². The summed E-state index contributed by atoms with van der Waals surface area (Å²) in [6.07, 6.45) is 3.21. The SMILES string of the molecule is CCCC(CCC)NNC(P(=O)(O)O)P(=O)(O)O. The average Bonchev–Trinajstić information content (AvgIpc) is 2.14. The molecule has 0 bridgehead atoms. The Hall–Kier alpha value is 0.220. The first-order valence-electron chi connectivity index (χ1n) is 5.74. The molecule has 0 heterocycles. The number of hydrogen-bond acceptors (Lipinski definition) is 4. The molecule has 110 valence electrons. The normalized spacial score (nSPS) is 13.6. The van der Waals surface area contributed by atoms with Gasteiger partial charge in [0.05, 0.1) is 0 Å². The molecular formula is C8H22N2O6P2. The maximum atomic E-state index is 11.0. The molecule has 0 aromatic heterocycles. The highest BCUT2D eigenvalue weighted by molar-refractivity contribution is 7.70. The van der Waals surface area contributed by atoms with Gasteiger partial charge in [0.2, 0.25) is 5.52 Å². The third-order valence-electron chi connectivity index (χ3n) is 2.33. The molecule has 8 nitrogen and oxygen atoms in total. The van der Waals surface area contributed by atoms with Crippen LogP contribution in [-0.4, -0.2) is 31.1 Å². The van der Waals surface area contributed by atoms with E-state index in [-0.39, 0.29) is 6.04 Å². The molecule has 0 radical (unpaired) electrons. The van der Waals surface area contributed by atoms with Gasteiger partial charge in [0.15, 0.2) is 0 Å². The maximum absolute atomic E-state index is 11.0. The maximum Gasteiger partial charge on any atom is 0.356 e. The topological polar surface area (TPSA) is 139 Å². The Bertz CT molecular complexity index is 300. The van der Waals surface area contributed by atoms with Crippen molar-refractivity contribution in [3.63, 3.8) is 0 Å². The van der Waals surface area contributed by atoms with Crippen molar-refractivity contribution in [3.05, 3.63) is 0 Å². The minimum Gasteiger partial charge on any atom is -0.323 e. The fraction of sp³-hybridized carbons (Fsp3) is 1.00. The molecule has 0 aromatic rings. The standard InChI is InChI=1S/C8H22N2O6P2/c1-3-5-7(6-4-2)9-10-8(17(11,12)13)18(14,15)16/h7-10H,3-6H2,1-2H3,(H2,11,12,13)(H2,14,15,16). The van der Waals surface area contributed by atoms with E-state index in [0.29, 0.717) is 0 Å². The van der Waals surface area contributed by atoms with Crippen LogP contribution < -0.4 is 10.9 Å². The van der Waals surface area contributed by atoms with E-state index in [1.807, 2.05) is 13.8 Å². The van der Waals surface area contributed by atoms with Crippen molar-refractivity contribution in [1.29, 1.82) is 0 Å². The second-order valence-electron chi connectivity index (χ2n) is 4.11. The van der Waals surface area contributed by atoms with Crippen LogP contribution in [-0.2, 0) is 9.13 Å². The van der Waals surface area contributed by atoms with E-state index >= 15 is 0 Å². The Morgan fingerprint density at radius 3 is 1.56 bits per heavy atom. The lowest BCUT2D eigenvalue weighted by Gasteiger charge is -2.25. The zero-order valence-corrected chi connectivity index (χ0v) is 12.3. The van der Waals surface area contributed by atoms with Crippen molar-refractivity contribution in [2.24, 2.45) is 0 Å². The van der Waals surface area contributed by atoms with Crippen LogP contribution in [0, 0.1) is 0 Å². The van der Waals surface area contributed by atoms with E-state index < -0.39 is 20.7 Å². The Labute approximate surface area is 106 Å². The predicted octanol–water partition coefficient (Wildman–Crippen LogP) is 0.688. The van der Waals surface area contributed by atoms with Crippen molar-refractivity contribution >= 4 is 15.2 Å². The molecule has 0 aliphatic heterocycles. The lowest BCUT2D eigenvalue weighted by molar-refractivity contribution is 0.304. The van der Waals surface area contributed by atoms with Crippen LogP contribution in [0.4, 0.5) is 0 Å². The third-order valence-corrected chi connectivity index (χ3v) is 5.67. The smallest absolute Gasteiger partial charge is 0.323 e. The zero-order chi connectivity index (χ0) is 14.4. The van der Waals surface area contributed by atoms with Gasteiger partial charge in [-0.05, 0) is 12.8 Å². The van der Waals surface area contributed by atoms with E-state index in [4.69, 9.17) is 19.6 Å². The molecule has 0 atom stereocenters. The minimum atomic E-state index is -4.93. The lowest BCUT2D eigenvalue weighted by Crippen LogP contribution is -2.46. The third kappa shape index (κ3) is 6.97. The summed E-state index contributed by atoms with van der Waals surface area (Å²) in [6, 6.07) is -0.0828. The first kappa shape index (κ1) is 18.2. The van der Waals surface area contributed by atoms with Crippen molar-refractivity contribution in [1.82, 2.24) is 10.9 Å². The molecule has 0 aliphatic carbocycles. The second kappa shape index (κ2) is 7.72. The van der Waals surface area contributed by atoms with Gasteiger partial charge in [0.25, 0.3) is 0 Å². The molecule has 0 spiro atoms. The molecule has 0 saturated carbocycles. The fourth-order valence-electron chi connectivity index (χ4n) is 1.54. The summed E-state index contributed by atoms with van der Waals surface area (Å²) in [5, 5.41) is 0. The first-order chi connectivity index (χ1) is 8.12. The molecule has 0 rings (SSSR count). The molecule has 18 heavy (non-hydrogen) atoms. The van der Waals surface area contributed by atoms with Crippen molar-refractivity contribution in [3.8, 4) is 0 Å². The van der Waals surface area contributed by atoms with Crippen LogP contribution in [0.15, 0.2) is 0 Å².